The van der Waals surface area contributed by atoms with E-state index in [-0.39, 0.29) is 11.8 Å². The molecule has 3 N–H and O–H groups in total. The summed E-state index contributed by atoms with van der Waals surface area (Å²) in [5.41, 5.74) is 3.55. The Labute approximate surface area is 152 Å². The van der Waals surface area contributed by atoms with Gasteiger partial charge in [-0.05, 0) is 37.5 Å². The Balaban J connectivity index is 1.50. The Morgan fingerprint density at radius 1 is 1.15 bits per heavy atom. The van der Waals surface area contributed by atoms with E-state index in [9.17, 15) is 5.11 Å². The zero-order valence-corrected chi connectivity index (χ0v) is 14.7. The predicted molar refractivity (Wildman–Crippen MR) is 104 cm³/mol. The first-order valence-corrected chi connectivity index (χ1v) is 8.90. The Hall–Kier alpha value is -3.08. The molecule has 0 saturated heterocycles. The molecule has 0 unspecified atom stereocenters. The van der Waals surface area contributed by atoms with Crippen molar-refractivity contribution < 1.29 is 5.11 Å². The summed E-state index contributed by atoms with van der Waals surface area (Å²) in [6.07, 6.45) is 1.87. The van der Waals surface area contributed by atoms with E-state index in [1.807, 2.05) is 47.4 Å². The van der Waals surface area contributed by atoms with E-state index in [0.29, 0.717) is 23.8 Å². The molecule has 0 aliphatic carbocycles. The molecule has 0 saturated carbocycles. The maximum atomic E-state index is 10.5. The molecule has 0 amide bonds. The lowest BCUT2D eigenvalue weighted by Crippen LogP contribution is -2.35. The lowest BCUT2D eigenvalue weighted by molar-refractivity contribution is 0.296. The number of para-hydroxylation sites is 2. The number of fused-ring (bicyclic) bond motifs is 1. The largest absolute Gasteiger partial charge is 0.510 e. The molecule has 3 aromatic rings. The summed E-state index contributed by atoms with van der Waals surface area (Å²) in [5.74, 6) is 1.11. The number of benzene rings is 2. The average Bonchev–Trinajstić information content (AvgIpc) is 3.20. The first-order valence-electron chi connectivity index (χ1n) is 8.90. The molecule has 0 fully saturated rings. The van der Waals surface area contributed by atoms with Crippen LogP contribution in [0.2, 0.25) is 0 Å². The van der Waals surface area contributed by atoms with Crippen molar-refractivity contribution in [3.05, 3.63) is 71.7 Å². The quantitative estimate of drug-likeness (QED) is 0.650. The van der Waals surface area contributed by atoms with Crippen molar-refractivity contribution in [3.63, 3.8) is 0 Å². The molecule has 0 radical (unpaired) electrons. The number of imidazole rings is 1. The molecule has 1 aliphatic rings. The van der Waals surface area contributed by atoms with Gasteiger partial charge in [0.05, 0.1) is 23.2 Å². The number of aliphatic hydroxyl groups excluding tert-OH is 1. The maximum absolute atomic E-state index is 10.5. The summed E-state index contributed by atoms with van der Waals surface area (Å²) in [7, 11) is 0. The minimum absolute atomic E-state index is 0.159. The van der Waals surface area contributed by atoms with Crippen molar-refractivity contribution in [2.45, 2.75) is 25.8 Å². The molecule has 1 aromatic heterocycles. The fourth-order valence-corrected chi connectivity index (χ4v) is 3.47. The summed E-state index contributed by atoms with van der Waals surface area (Å²) in [5, 5.41) is 19.0. The first kappa shape index (κ1) is 16.4. The normalized spacial score (nSPS) is 15.9. The number of nitrogens with one attached hydrogen (secondary N) is 2. The highest BCUT2D eigenvalue weighted by Crippen LogP contribution is 2.29. The van der Waals surface area contributed by atoms with Crippen molar-refractivity contribution in [1.82, 2.24) is 14.9 Å². The molecular weight excluding hydrogens is 324 g/mol. The number of hydrogen-bond donors (Lipinski definition) is 3. The smallest absolute Gasteiger partial charge is 0.145 e. The van der Waals surface area contributed by atoms with Gasteiger partial charge in [-0.15, -0.1) is 0 Å². The number of aromatic nitrogens is 2. The highest BCUT2D eigenvalue weighted by atomic mass is 16.3. The minimum Gasteiger partial charge on any atom is -0.510 e. The zero-order valence-electron chi connectivity index (χ0n) is 14.7. The van der Waals surface area contributed by atoms with E-state index in [2.05, 4.69) is 29.0 Å². The molecule has 5 nitrogen and oxygen atoms in total. The van der Waals surface area contributed by atoms with E-state index in [4.69, 9.17) is 5.41 Å². The highest BCUT2D eigenvalue weighted by Gasteiger charge is 2.32. The van der Waals surface area contributed by atoms with Crippen LogP contribution in [0.5, 0.6) is 0 Å². The maximum Gasteiger partial charge on any atom is 0.145 e. The van der Waals surface area contributed by atoms with Gasteiger partial charge in [0.1, 0.15) is 17.4 Å². The van der Waals surface area contributed by atoms with Gasteiger partial charge in [0.2, 0.25) is 0 Å². The molecule has 1 aliphatic heterocycles. The Morgan fingerprint density at radius 2 is 1.88 bits per heavy atom. The van der Waals surface area contributed by atoms with Crippen molar-refractivity contribution in [2.75, 3.05) is 6.54 Å². The zero-order chi connectivity index (χ0) is 18.1. The molecule has 2 heterocycles. The van der Waals surface area contributed by atoms with E-state index in [1.54, 1.807) is 0 Å². The lowest BCUT2D eigenvalue weighted by Gasteiger charge is -2.26. The van der Waals surface area contributed by atoms with E-state index < -0.39 is 0 Å². The number of aryl methyl sites for hydroxylation is 1. The molecule has 132 valence electrons. The molecule has 0 bridgehead atoms. The Morgan fingerprint density at radius 3 is 2.65 bits per heavy atom. The van der Waals surface area contributed by atoms with E-state index in [0.717, 1.165) is 23.9 Å². The number of rotatable bonds is 5. The molecule has 2 aromatic carbocycles. The van der Waals surface area contributed by atoms with Crippen LogP contribution in [0.3, 0.4) is 0 Å². The fourth-order valence-electron chi connectivity index (χ4n) is 3.47. The third-order valence-corrected chi connectivity index (χ3v) is 4.98. The summed E-state index contributed by atoms with van der Waals surface area (Å²) in [6.45, 7) is 2.47. The molecule has 1 atom stereocenters. The third-order valence-electron chi connectivity index (χ3n) is 4.98. The molecule has 0 spiro atoms. The van der Waals surface area contributed by atoms with Crippen molar-refractivity contribution in [1.29, 1.82) is 5.41 Å². The second-order valence-corrected chi connectivity index (χ2v) is 6.77. The number of H-pyrrole nitrogens is 1. The van der Waals surface area contributed by atoms with Crippen LogP contribution in [0.15, 0.2) is 60.4 Å². The van der Waals surface area contributed by atoms with E-state index in [1.165, 1.54) is 5.56 Å². The monoisotopic (exact) mass is 346 g/mol. The van der Waals surface area contributed by atoms with Gasteiger partial charge in [0.15, 0.2) is 0 Å². The number of amidine groups is 1. The van der Waals surface area contributed by atoms with E-state index >= 15 is 0 Å². The van der Waals surface area contributed by atoms with Gasteiger partial charge in [-0.2, -0.15) is 0 Å². The molecular formula is C21H22N4O. The van der Waals surface area contributed by atoms with Gasteiger partial charge in [-0.25, -0.2) is 4.98 Å². The second-order valence-electron chi connectivity index (χ2n) is 6.77. The van der Waals surface area contributed by atoms with Crippen molar-refractivity contribution >= 4 is 22.4 Å². The Bertz CT molecular complexity index is 941. The summed E-state index contributed by atoms with van der Waals surface area (Å²) in [4.78, 5) is 9.71. The molecule has 5 heteroatoms. The van der Waals surface area contributed by atoms with Gasteiger partial charge >= 0.3 is 0 Å². The van der Waals surface area contributed by atoms with Crippen LogP contribution in [0.25, 0.3) is 16.6 Å². The predicted octanol–water partition coefficient (Wildman–Crippen LogP) is 4.15. The fraction of sp³-hybridized carbons (Fsp3) is 0.238. The number of hydrogen-bond acceptors (Lipinski definition) is 3. The van der Waals surface area contributed by atoms with Crippen LogP contribution in [0, 0.1) is 5.41 Å². The van der Waals surface area contributed by atoms with Crippen LogP contribution in [0.4, 0.5) is 0 Å². The van der Waals surface area contributed by atoms with Crippen LogP contribution in [-0.4, -0.2) is 38.4 Å². The van der Waals surface area contributed by atoms with Gasteiger partial charge in [-0.3, -0.25) is 5.41 Å². The SMILES string of the molecule is C[C@H](CCc1ccccc1)N1CC(O)=C(c2nc3ccccc3[nH]2)C1=N. The van der Waals surface area contributed by atoms with Gasteiger partial charge < -0.3 is 15.0 Å². The molecule has 26 heavy (non-hydrogen) atoms. The Kier molecular flexibility index (Phi) is 4.21. The van der Waals surface area contributed by atoms with Crippen LogP contribution in [0.1, 0.15) is 24.7 Å². The summed E-state index contributed by atoms with van der Waals surface area (Å²) >= 11 is 0. The van der Waals surface area contributed by atoms with Crippen LogP contribution >= 0.6 is 0 Å². The molecule has 4 rings (SSSR count). The summed E-state index contributed by atoms with van der Waals surface area (Å²) in [6, 6.07) is 18.3. The number of aliphatic hydroxyl groups is 1. The van der Waals surface area contributed by atoms with Crippen LogP contribution < -0.4 is 0 Å². The van der Waals surface area contributed by atoms with Gasteiger partial charge in [0, 0.05) is 6.04 Å². The number of nitrogens with zero attached hydrogens (tertiary/aromatic N) is 2. The van der Waals surface area contributed by atoms with Gasteiger partial charge in [-0.1, -0.05) is 42.5 Å². The summed E-state index contributed by atoms with van der Waals surface area (Å²) < 4.78 is 0. The topological polar surface area (TPSA) is 76.0 Å². The van der Waals surface area contributed by atoms with Crippen LogP contribution in [-0.2, 0) is 6.42 Å². The van der Waals surface area contributed by atoms with Crippen molar-refractivity contribution in [3.8, 4) is 0 Å². The van der Waals surface area contributed by atoms with Crippen molar-refractivity contribution in [2.24, 2.45) is 0 Å². The third kappa shape index (κ3) is 2.96. The second kappa shape index (κ2) is 6.67. The highest BCUT2D eigenvalue weighted by molar-refractivity contribution is 6.23. The first-order chi connectivity index (χ1) is 12.6. The van der Waals surface area contributed by atoms with Gasteiger partial charge in [0.25, 0.3) is 0 Å². The number of aromatic amines is 1. The minimum atomic E-state index is 0.159. The average molecular weight is 346 g/mol. The standard InChI is InChI=1S/C21H22N4O/c1-14(11-12-15-7-3-2-4-8-15)25-13-18(26)19(20(25)22)21-23-16-9-5-6-10-17(16)24-21/h2-10,14,22,26H,11-13H2,1H3,(H,23,24)/t14-/m1/s1. The lowest BCUT2D eigenvalue weighted by atomic mass is 10.1.